The van der Waals surface area contributed by atoms with Gasteiger partial charge in [0.1, 0.15) is 5.75 Å². The minimum atomic E-state index is -0.357. The Labute approximate surface area is 113 Å². The molecule has 0 aromatic heterocycles. The van der Waals surface area contributed by atoms with Crippen molar-refractivity contribution in [2.24, 2.45) is 5.41 Å². The number of amides is 1. The first-order chi connectivity index (χ1) is 9.00. The summed E-state index contributed by atoms with van der Waals surface area (Å²) in [6.07, 6.45) is 0.823. The summed E-state index contributed by atoms with van der Waals surface area (Å²) in [5, 5.41) is 2.74. The quantitative estimate of drug-likeness (QED) is 0.805. The van der Waals surface area contributed by atoms with Crippen molar-refractivity contribution in [3.63, 3.8) is 0 Å². The van der Waals surface area contributed by atoms with Crippen LogP contribution in [0.15, 0.2) is 18.2 Å². The zero-order valence-electron chi connectivity index (χ0n) is 11.7. The molecule has 0 saturated carbocycles. The van der Waals surface area contributed by atoms with Gasteiger partial charge in [-0.2, -0.15) is 0 Å². The van der Waals surface area contributed by atoms with Crippen LogP contribution in [0.4, 0.5) is 11.4 Å². The SMILES string of the molecule is CNC(=O)C1(C)CCN(c2cc(OC)ccc2N)C1. The maximum Gasteiger partial charge on any atom is 0.227 e. The molecule has 3 N–H and O–H groups in total. The number of hydrogen-bond acceptors (Lipinski definition) is 4. The number of hydrogen-bond donors (Lipinski definition) is 2. The summed E-state index contributed by atoms with van der Waals surface area (Å²) in [5.74, 6) is 0.856. The van der Waals surface area contributed by atoms with E-state index in [-0.39, 0.29) is 11.3 Å². The second-order valence-corrected chi connectivity index (χ2v) is 5.24. The van der Waals surface area contributed by atoms with Crippen LogP contribution in [0.2, 0.25) is 0 Å². The Balaban J connectivity index is 2.23. The Hall–Kier alpha value is -1.91. The van der Waals surface area contributed by atoms with Crippen molar-refractivity contribution in [3.8, 4) is 5.75 Å². The van der Waals surface area contributed by atoms with Gasteiger partial charge in [0.05, 0.1) is 23.9 Å². The van der Waals surface area contributed by atoms with E-state index in [0.29, 0.717) is 12.2 Å². The second-order valence-electron chi connectivity index (χ2n) is 5.24. The maximum atomic E-state index is 11.9. The largest absolute Gasteiger partial charge is 0.497 e. The molecule has 0 spiro atoms. The zero-order chi connectivity index (χ0) is 14.0. The molecule has 1 aromatic rings. The normalized spacial score (nSPS) is 22.4. The van der Waals surface area contributed by atoms with Crippen LogP contribution in [0.25, 0.3) is 0 Å². The van der Waals surface area contributed by atoms with Crippen LogP contribution in [0.3, 0.4) is 0 Å². The number of anilines is 2. The first-order valence-corrected chi connectivity index (χ1v) is 6.41. The molecule has 0 bridgehead atoms. The van der Waals surface area contributed by atoms with E-state index in [9.17, 15) is 4.79 Å². The topological polar surface area (TPSA) is 67.6 Å². The third-order valence-electron chi connectivity index (χ3n) is 3.83. The van der Waals surface area contributed by atoms with Crippen molar-refractivity contribution in [3.05, 3.63) is 18.2 Å². The molecule has 104 valence electrons. The summed E-state index contributed by atoms with van der Waals surface area (Å²) >= 11 is 0. The second kappa shape index (κ2) is 4.99. The average Bonchev–Trinajstić information content (AvgIpc) is 2.82. The van der Waals surface area contributed by atoms with Crippen LogP contribution in [0.1, 0.15) is 13.3 Å². The van der Waals surface area contributed by atoms with Gasteiger partial charge in [-0.1, -0.05) is 0 Å². The summed E-state index contributed by atoms with van der Waals surface area (Å²) in [5.41, 5.74) is 7.31. The van der Waals surface area contributed by atoms with E-state index < -0.39 is 0 Å². The Morgan fingerprint density at radius 2 is 2.26 bits per heavy atom. The van der Waals surface area contributed by atoms with Gasteiger partial charge in [0.2, 0.25) is 5.91 Å². The third-order valence-corrected chi connectivity index (χ3v) is 3.83. The standard InChI is InChI=1S/C14H21N3O2/c1-14(13(18)16-2)6-7-17(9-14)12-8-10(19-3)4-5-11(12)15/h4-5,8H,6-7,9,15H2,1-3H3,(H,16,18). The van der Waals surface area contributed by atoms with Gasteiger partial charge in [0.25, 0.3) is 0 Å². The van der Waals surface area contributed by atoms with Crippen molar-refractivity contribution in [2.75, 3.05) is 37.9 Å². The molecule has 0 aliphatic carbocycles. The fraction of sp³-hybridized carbons (Fsp3) is 0.500. The summed E-state index contributed by atoms with van der Waals surface area (Å²) in [6.45, 7) is 3.48. The molecule has 1 aromatic carbocycles. The summed E-state index contributed by atoms with van der Waals surface area (Å²) in [7, 11) is 3.31. The number of rotatable bonds is 3. The highest BCUT2D eigenvalue weighted by molar-refractivity contribution is 5.84. The van der Waals surface area contributed by atoms with E-state index in [0.717, 1.165) is 24.4 Å². The number of carbonyl (C=O) groups excluding carboxylic acids is 1. The van der Waals surface area contributed by atoms with Crippen molar-refractivity contribution >= 4 is 17.3 Å². The lowest BCUT2D eigenvalue weighted by molar-refractivity contribution is -0.128. The fourth-order valence-electron chi connectivity index (χ4n) is 2.58. The van der Waals surface area contributed by atoms with Gasteiger partial charge in [0, 0.05) is 26.2 Å². The molecule has 2 rings (SSSR count). The van der Waals surface area contributed by atoms with Gasteiger partial charge in [-0.25, -0.2) is 0 Å². The van der Waals surface area contributed by atoms with Crippen LogP contribution >= 0.6 is 0 Å². The maximum absolute atomic E-state index is 11.9. The number of ether oxygens (including phenoxy) is 1. The van der Waals surface area contributed by atoms with E-state index in [2.05, 4.69) is 10.2 Å². The Morgan fingerprint density at radius 1 is 1.53 bits per heavy atom. The minimum Gasteiger partial charge on any atom is -0.497 e. The smallest absolute Gasteiger partial charge is 0.227 e. The minimum absolute atomic E-state index is 0.0801. The lowest BCUT2D eigenvalue weighted by atomic mass is 9.89. The van der Waals surface area contributed by atoms with E-state index in [1.54, 1.807) is 14.2 Å². The van der Waals surface area contributed by atoms with Crippen LogP contribution in [0.5, 0.6) is 5.75 Å². The fourth-order valence-corrected chi connectivity index (χ4v) is 2.58. The molecule has 0 radical (unpaired) electrons. The monoisotopic (exact) mass is 263 g/mol. The lowest BCUT2D eigenvalue weighted by Gasteiger charge is -2.25. The third kappa shape index (κ3) is 2.45. The van der Waals surface area contributed by atoms with Crippen LogP contribution in [0, 0.1) is 5.41 Å². The van der Waals surface area contributed by atoms with E-state index in [1.807, 2.05) is 25.1 Å². The predicted octanol–water partition coefficient (Wildman–Crippen LogP) is 1.24. The van der Waals surface area contributed by atoms with Crippen molar-refractivity contribution < 1.29 is 9.53 Å². The van der Waals surface area contributed by atoms with Gasteiger partial charge < -0.3 is 20.7 Å². The first kappa shape index (κ1) is 13.5. The van der Waals surface area contributed by atoms with Gasteiger partial charge in [-0.3, -0.25) is 4.79 Å². The molecule has 1 heterocycles. The first-order valence-electron chi connectivity index (χ1n) is 6.41. The number of nitrogens with zero attached hydrogens (tertiary/aromatic N) is 1. The zero-order valence-corrected chi connectivity index (χ0v) is 11.7. The molecular formula is C14H21N3O2. The highest BCUT2D eigenvalue weighted by atomic mass is 16.5. The number of nitrogen functional groups attached to an aromatic ring is 1. The molecule has 1 fully saturated rings. The molecule has 5 nitrogen and oxygen atoms in total. The molecule has 19 heavy (non-hydrogen) atoms. The van der Waals surface area contributed by atoms with Gasteiger partial charge in [-0.15, -0.1) is 0 Å². The summed E-state index contributed by atoms with van der Waals surface area (Å²) in [4.78, 5) is 14.1. The molecule has 5 heteroatoms. The van der Waals surface area contributed by atoms with E-state index in [1.165, 1.54) is 0 Å². The van der Waals surface area contributed by atoms with Crippen molar-refractivity contribution in [1.82, 2.24) is 5.32 Å². The van der Waals surface area contributed by atoms with Crippen molar-refractivity contribution in [1.29, 1.82) is 0 Å². The van der Waals surface area contributed by atoms with Crippen LogP contribution in [-0.4, -0.2) is 33.2 Å². The van der Waals surface area contributed by atoms with Gasteiger partial charge >= 0.3 is 0 Å². The highest BCUT2D eigenvalue weighted by Crippen LogP contribution is 2.37. The number of nitrogens with two attached hydrogens (primary N) is 1. The highest BCUT2D eigenvalue weighted by Gasteiger charge is 2.40. The molecule has 1 aliphatic rings. The van der Waals surface area contributed by atoms with Crippen LogP contribution < -0.4 is 20.7 Å². The molecule has 1 saturated heterocycles. The Kier molecular flexibility index (Phi) is 3.55. The predicted molar refractivity (Wildman–Crippen MR) is 76.4 cm³/mol. The average molecular weight is 263 g/mol. The number of methoxy groups -OCH3 is 1. The molecular weight excluding hydrogens is 242 g/mol. The van der Waals surface area contributed by atoms with Gasteiger partial charge in [-0.05, 0) is 25.5 Å². The number of nitrogens with one attached hydrogen (secondary N) is 1. The number of carbonyl (C=O) groups is 1. The van der Waals surface area contributed by atoms with Crippen molar-refractivity contribution in [2.45, 2.75) is 13.3 Å². The number of benzene rings is 1. The summed E-state index contributed by atoms with van der Waals surface area (Å²) < 4.78 is 5.23. The molecule has 1 unspecified atom stereocenters. The van der Waals surface area contributed by atoms with E-state index >= 15 is 0 Å². The molecule has 1 amide bonds. The van der Waals surface area contributed by atoms with E-state index in [4.69, 9.17) is 10.5 Å². The Bertz CT molecular complexity index is 490. The summed E-state index contributed by atoms with van der Waals surface area (Å²) in [6, 6.07) is 5.60. The molecule has 1 atom stereocenters. The van der Waals surface area contributed by atoms with Crippen LogP contribution in [-0.2, 0) is 4.79 Å². The Morgan fingerprint density at radius 3 is 2.89 bits per heavy atom. The lowest BCUT2D eigenvalue weighted by Crippen LogP contribution is -2.39. The van der Waals surface area contributed by atoms with Gasteiger partial charge in [0.15, 0.2) is 0 Å². The molecule has 1 aliphatic heterocycles.